The highest BCUT2D eigenvalue weighted by Gasteiger charge is 2.15. The van der Waals surface area contributed by atoms with E-state index in [-0.39, 0.29) is 11.0 Å². The Labute approximate surface area is 120 Å². The molecule has 6 nitrogen and oxygen atoms in total. The predicted molar refractivity (Wildman–Crippen MR) is 73.4 cm³/mol. The average molecular weight is 345 g/mol. The summed E-state index contributed by atoms with van der Waals surface area (Å²) in [6, 6.07) is 5.11. The largest absolute Gasteiger partial charge is 0.341 e. The Kier molecular flexibility index (Phi) is 3.96. The maximum Gasteiger partial charge on any atom is 0.333 e. The number of nitrogens with zero attached hydrogens (tertiary/aromatic N) is 3. The molecule has 0 amide bonds. The predicted octanol–water partition coefficient (Wildman–Crippen LogP) is 2.62. The molecule has 2 aromatic heterocycles. The first-order valence-corrected chi connectivity index (χ1v) is 6.30. The lowest BCUT2D eigenvalue weighted by Gasteiger charge is -2.06. The van der Waals surface area contributed by atoms with Gasteiger partial charge in [-0.25, -0.2) is 4.98 Å². The molecular weight excluding hydrogens is 337 g/mol. The molecule has 0 saturated heterocycles. The molecule has 2 heterocycles. The Morgan fingerprint density at radius 1 is 1.42 bits per heavy atom. The fourth-order valence-electron chi connectivity index (χ4n) is 1.53. The van der Waals surface area contributed by atoms with Crippen molar-refractivity contribution in [3.63, 3.8) is 0 Å². The summed E-state index contributed by atoms with van der Waals surface area (Å²) in [5.41, 5.74) is -0.506. The van der Waals surface area contributed by atoms with Crippen molar-refractivity contribution in [2.75, 3.05) is 0 Å². The summed E-state index contributed by atoms with van der Waals surface area (Å²) in [6.45, 7) is 0.278. The van der Waals surface area contributed by atoms with E-state index in [0.717, 1.165) is 0 Å². The zero-order valence-electron chi connectivity index (χ0n) is 9.42. The third-order valence-electron chi connectivity index (χ3n) is 2.33. The van der Waals surface area contributed by atoms with Crippen molar-refractivity contribution in [1.82, 2.24) is 9.55 Å². The van der Waals surface area contributed by atoms with E-state index in [1.54, 1.807) is 18.2 Å². The number of rotatable bonds is 3. The monoisotopic (exact) mass is 343 g/mol. The number of hydrogen-bond donors (Lipinski definition) is 0. The van der Waals surface area contributed by atoms with Gasteiger partial charge in [0, 0.05) is 6.20 Å². The van der Waals surface area contributed by atoms with Gasteiger partial charge in [0.05, 0.1) is 27.8 Å². The van der Waals surface area contributed by atoms with Crippen LogP contribution in [0.25, 0.3) is 0 Å². The van der Waals surface area contributed by atoms with E-state index in [9.17, 15) is 14.9 Å². The van der Waals surface area contributed by atoms with Crippen molar-refractivity contribution in [3.05, 3.63) is 66.3 Å². The van der Waals surface area contributed by atoms with Crippen LogP contribution in [0.3, 0.4) is 0 Å². The maximum atomic E-state index is 11.5. The second-order valence-electron chi connectivity index (χ2n) is 3.70. The molecule has 0 fully saturated rings. The van der Waals surface area contributed by atoms with Crippen LogP contribution < -0.4 is 5.43 Å². The number of pyridine rings is 2. The van der Waals surface area contributed by atoms with E-state index in [1.807, 2.05) is 0 Å². The molecule has 0 unspecified atom stereocenters. The lowest BCUT2D eigenvalue weighted by molar-refractivity contribution is -0.386. The molecule has 0 aliphatic rings. The van der Waals surface area contributed by atoms with E-state index < -0.39 is 16.0 Å². The third-order valence-corrected chi connectivity index (χ3v) is 3.11. The highest BCUT2D eigenvalue weighted by atomic mass is 79.9. The summed E-state index contributed by atoms with van der Waals surface area (Å²) in [6.07, 6.45) is 2.65. The summed E-state index contributed by atoms with van der Waals surface area (Å²) < 4.78 is 1.63. The molecule has 0 spiro atoms. The summed E-state index contributed by atoms with van der Waals surface area (Å²) in [5, 5.41) is 11.1. The molecule has 0 atom stereocenters. The van der Waals surface area contributed by atoms with E-state index in [0.29, 0.717) is 10.8 Å². The van der Waals surface area contributed by atoms with Crippen LogP contribution in [0.5, 0.6) is 0 Å². The number of halogens is 2. The van der Waals surface area contributed by atoms with Gasteiger partial charge >= 0.3 is 5.69 Å². The van der Waals surface area contributed by atoms with Gasteiger partial charge in [-0.2, -0.15) is 0 Å². The molecule has 0 bridgehead atoms. The van der Waals surface area contributed by atoms with Crippen LogP contribution in [0, 0.1) is 10.1 Å². The molecule has 0 aliphatic heterocycles. The quantitative estimate of drug-likeness (QED) is 0.487. The van der Waals surface area contributed by atoms with Crippen LogP contribution in [0.2, 0.25) is 5.15 Å². The second kappa shape index (κ2) is 5.50. The van der Waals surface area contributed by atoms with Crippen molar-refractivity contribution in [3.8, 4) is 0 Å². The standard InChI is InChI=1S/C11H7BrClN3O3/c12-8-5-15(6-9(11(8)17)16(18)19)4-7-2-1-3-10(13)14-7/h1-3,5-6H,4H2. The molecule has 19 heavy (non-hydrogen) atoms. The number of aromatic nitrogens is 2. The van der Waals surface area contributed by atoms with Gasteiger partial charge in [0.1, 0.15) is 5.15 Å². The lowest BCUT2D eigenvalue weighted by atomic mass is 10.3. The number of nitro groups is 1. The van der Waals surface area contributed by atoms with Crippen molar-refractivity contribution < 1.29 is 4.92 Å². The van der Waals surface area contributed by atoms with Gasteiger partial charge in [0.15, 0.2) is 0 Å². The zero-order valence-corrected chi connectivity index (χ0v) is 11.8. The van der Waals surface area contributed by atoms with Gasteiger partial charge in [-0.3, -0.25) is 14.9 Å². The van der Waals surface area contributed by atoms with E-state index in [4.69, 9.17) is 11.6 Å². The first-order chi connectivity index (χ1) is 8.97. The maximum absolute atomic E-state index is 11.5. The first-order valence-electron chi connectivity index (χ1n) is 5.13. The summed E-state index contributed by atoms with van der Waals surface area (Å²) in [7, 11) is 0. The van der Waals surface area contributed by atoms with Crippen LogP contribution in [0.4, 0.5) is 5.69 Å². The van der Waals surface area contributed by atoms with Crippen molar-refractivity contribution in [2.24, 2.45) is 0 Å². The highest BCUT2D eigenvalue weighted by molar-refractivity contribution is 9.10. The van der Waals surface area contributed by atoms with E-state index in [1.165, 1.54) is 17.0 Å². The molecule has 2 aromatic rings. The molecular formula is C11H7BrClN3O3. The van der Waals surface area contributed by atoms with E-state index in [2.05, 4.69) is 20.9 Å². The SMILES string of the molecule is O=c1c(Br)cn(Cc2cccc(Cl)n2)cc1[N+](=O)[O-]. The van der Waals surface area contributed by atoms with E-state index >= 15 is 0 Å². The van der Waals surface area contributed by atoms with Gasteiger partial charge in [0.25, 0.3) is 5.43 Å². The smallest absolute Gasteiger partial charge is 0.333 e. The molecule has 98 valence electrons. The minimum Gasteiger partial charge on any atom is -0.341 e. The topological polar surface area (TPSA) is 78.0 Å². The molecule has 0 aliphatic carbocycles. The molecule has 0 radical (unpaired) electrons. The van der Waals surface area contributed by atoms with Crippen LogP contribution >= 0.6 is 27.5 Å². The summed E-state index contributed by atoms with van der Waals surface area (Å²) in [4.78, 5) is 25.7. The van der Waals surface area contributed by atoms with Crippen LogP contribution in [0.1, 0.15) is 5.69 Å². The second-order valence-corrected chi connectivity index (χ2v) is 4.94. The minimum atomic E-state index is -0.713. The van der Waals surface area contributed by atoms with Crippen molar-refractivity contribution in [2.45, 2.75) is 6.54 Å². The Balaban J connectivity index is 2.41. The fraction of sp³-hybridized carbons (Fsp3) is 0.0909. The number of hydrogen-bond acceptors (Lipinski definition) is 4. The molecule has 0 N–H and O–H groups in total. The third kappa shape index (κ3) is 3.18. The normalized spacial score (nSPS) is 10.4. The van der Waals surface area contributed by atoms with Crippen LogP contribution in [0.15, 0.2) is 39.9 Å². The van der Waals surface area contributed by atoms with Crippen molar-refractivity contribution >= 4 is 33.2 Å². The average Bonchev–Trinajstić information content (AvgIpc) is 2.33. The first kappa shape index (κ1) is 13.7. The zero-order chi connectivity index (χ0) is 14.0. The van der Waals surface area contributed by atoms with Crippen molar-refractivity contribution in [1.29, 1.82) is 0 Å². The Bertz CT molecular complexity index is 702. The van der Waals surface area contributed by atoms with Gasteiger partial charge < -0.3 is 4.57 Å². The molecule has 8 heteroatoms. The summed E-state index contributed by atoms with van der Waals surface area (Å²) in [5.74, 6) is 0. The van der Waals surface area contributed by atoms with Crippen LogP contribution in [-0.4, -0.2) is 14.5 Å². The Morgan fingerprint density at radius 3 is 2.79 bits per heavy atom. The molecule has 0 saturated carbocycles. The fourth-order valence-corrected chi connectivity index (χ4v) is 2.17. The van der Waals surface area contributed by atoms with Crippen LogP contribution in [-0.2, 0) is 6.54 Å². The molecule has 2 rings (SSSR count). The van der Waals surface area contributed by atoms with Gasteiger partial charge in [-0.15, -0.1) is 0 Å². The van der Waals surface area contributed by atoms with Gasteiger partial charge in [-0.1, -0.05) is 17.7 Å². The Morgan fingerprint density at radius 2 is 2.16 bits per heavy atom. The van der Waals surface area contributed by atoms with Gasteiger partial charge in [0.2, 0.25) is 0 Å². The van der Waals surface area contributed by atoms with Gasteiger partial charge in [-0.05, 0) is 28.1 Å². The Hall–Kier alpha value is -1.73. The minimum absolute atomic E-state index is 0.128. The molecule has 0 aromatic carbocycles. The summed E-state index contributed by atoms with van der Waals surface area (Å²) >= 11 is 8.77. The lowest BCUT2D eigenvalue weighted by Crippen LogP contribution is -2.14. The highest BCUT2D eigenvalue weighted by Crippen LogP contribution is 2.13.